The highest BCUT2D eigenvalue weighted by atomic mass is 16.5. The van der Waals surface area contributed by atoms with E-state index in [1.807, 2.05) is 31.3 Å². The van der Waals surface area contributed by atoms with E-state index in [1.54, 1.807) is 18.2 Å². The lowest BCUT2D eigenvalue weighted by atomic mass is 10.00. The SMILES string of the molecule is Cc1ccc(CCc2cc(OC3CCN(Cc4nc5ccc(C(=O)O)cc5n4CC4CCO4)CC3)ccn2)c(CO)c1. The zero-order valence-corrected chi connectivity index (χ0v) is 24.0. The molecule has 220 valence electrons. The number of rotatable bonds is 11. The van der Waals surface area contributed by atoms with Crippen LogP contribution in [0.4, 0.5) is 0 Å². The Kier molecular flexibility index (Phi) is 8.51. The number of imidazole rings is 1. The molecular weight excluding hydrogens is 532 g/mol. The number of carboxylic acids is 1. The van der Waals surface area contributed by atoms with Gasteiger partial charge in [-0.25, -0.2) is 9.78 Å². The second-order valence-corrected chi connectivity index (χ2v) is 11.4. The van der Waals surface area contributed by atoms with Crippen LogP contribution in [-0.2, 0) is 37.3 Å². The van der Waals surface area contributed by atoms with Gasteiger partial charge in [0.15, 0.2) is 0 Å². The molecular formula is C33H38N4O5. The van der Waals surface area contributed by atoms with Crippen molar-refractivity contribution < 1.29 is 24.5 Å². The minimum Gasteiger partial charge on any atom is -0.490 e. The molecule has 1 unspecified atom stereocenters. The number of ether oxygens (including phenoxy) is 2. The summed E-state index contributed by atoms with van der Waals surface area (Å²) in [5, 5.41) is 19.2. The van der Waals surface area contributed by atoms with E-state index in [-0.39, 0.29) is 24.4 Å². The molecule has 4 heterocycles. The van der Waals surface area contributed by atoms with Crippen LogP contribution in [0.3, 0.4) is 0 Å². The number of carbonyl (C=O) groups is 1. The minimum atomic E-state index is -0.934. The summed E-state index contributed by atoms with van der Waals surface area (Å²) in [7, 11) is 0. The number of aryl methyl sites for hydroxylation is 3. The average molecular weight is 571 g/mol. The van der Waals surface area contributed by atoms with Crippen LogP contribution in [0.1, 0.15) is 57.8 Å². The van der Waals surface area contributed by atoms with Gasteiger partial charge in [-0.1, -0.05) is 23.8 Å². The quantitative estimate of drug-likeness (QED) is 0.270. The molecule has 6 rings (SSSR count). The van der Waals surface area contributed by atoms with Gasteiger partial charge in [0, 0.05) is 37.7 Å². The molecule has 42 heavy (non-hydrogen) atoms. The Balaban J connectivity index is 1.06. The molecule has 9 heteroatoms. The number of hydrogen-bond donors (Lipinski definition) is 2. The lowest BCUT2D eigenvalue weighted by Gasteiger charge is -2.32. The van der Waals surface area contributed by atoms with Crippen molar-refractivity contribution in [2.24, 2.45) is 0 Å². The number of aliphatic hydroxyl groups excluding tert-OH is 1. The fourth-order valence-corrected chi connectivity index (χ4v) is 5.91. The molecule has 9 nitrogen and oxygen atoms in total. The first kappa shape index (κ1) is 28.3. The summed E-state index contributed by atoms with van der Waals surface area (Å²) in [6, 6.07) is 15.3. The maximum atomic E-state index is 11.6. The number of nitrogens with zero attached hydrogens (tertiary/aromatic N) is 4. The predicted molar refractivity (Wildman–Crippen MR) is 159 cm³/mol. The lowest BCUT2D eigenvalue weighted by Crippen LogP contribution is -2.39. The second kappa shape index (κ2) is 12.6. The van der Waals surface area contributed by atoms with Gasteiger partial charge in [0.2, 0.25) is 0 Å². The molecule has 0 radical (unpaired) electrons. The Hall–Kier alpha value is -3.79. The lowest BCUT2D eigenvalue weighted by molar-refractivity contribution is -0.0592. The standard InChI is InChI=1S/C33H38N4O5/c1-22-2-3-23(25(16-22)21-38)4-6-26-18-28(8-12-34-26)42-27-9-13-36(14-10-27)20-32-35-30-7-5-24(33(39)40)17-31(30)37(32)19-29-11-15-41-29/h2-3,5,7-8,12,16-18,27,29,38H,4,6,9-11,13-15,19-21H2,1H3,(H,39,40). The highest BCUT2D eigenvalue weighted by molar-refractivity contribution is 5.92. The van der Waals surface area contributed by atoms with Gasteiger partial charge in [-0.15, -0.1) is 0 Å². The van der Waals surface area contributed by atoms with Gasteiger partial charge in [-0.3, -0.25) is 9.88 Å². The summed E-state index contributed by atoms with van der Waals surface area (Å²) in [5.74, 6) is 0.858. The van der Waals surface area contributed by atoms with Crippen LogP contribution < -0.4 is 4.74 Å². The van der Waals surface area contributed by atoms with E-state index in [1.165, 1.54) is 0 Å². The van der Waals surface area contributed by atoms with E-state index in [4.69, 9.17) is 14.5 Å². The number of likely N-dealkylation sites (tertiary alicyclic amines) is 1. The summed E-state index contributed by atoms with van der Waals surface area (Å²) < 4.78 is 14.2. The monoisotopic (exact) mass is 570 g/mol. The average Bonchev–Trinajstić information content (AvgIpc) is 3.31. The molecule has 2 saturated heterocycles. The molecule has 0 amide bonds. The van der Waals surface area contributed by atoms with Crippen molar-refractivity contribution in [3.63, 3.8) is 0 Å². The summed E-state index contributed by atoms with van der Waals surface area (Å²) in [6.45, 7) is 6.03. The van der Waals surface area contributed by atoms with Crippen LogP contribution in [0.5, 0.6) is 5.75 Å². The van der Waals surface area contributed by atoms with Crippen molar-refractivity contribution in [2.45, 2.75) is 70.9 Å². The Labute approximate surface area is 245 Å². The smallest absolute Gasteiger partial charge is 0.335 e. The van der Waals surface area contributed by atoms with Crippen LogP contribution in [0, 0.1) is 6.92 Å². The van der Waals surface area contributed by atoms with Gasteiger partial charge in [-0.2, -0.15) is 0 Å². The third-order valence-corrected chi connectivity index (χ3v) is 8.43. The summed E-state index contributed by atoms with van der Waals surface area (Å²) >= 11 is 0. The molecule has 2 aromatic carbocycles. The Morgan fingerprint density at radius 1 is 1.05 bits per heavy atom. The van der Waals surface area contributed by atoms with Crippen molar-refractivity contribution in [3.8, 4) is 5.75 Å². The van der Waals surface area contributed by atoms with Gasteiger partial charge in [0.05, 0.1) is 42.4 Å². The normalized spacial score (nSPS) is 17.8. The van der Waals surface area contributed by atoms with E-state index in [9.17, 15) is 15.0 Å². The van der Waals surface area contributed by atoms with Gasteiger partial charge in [0.25, 0.3) is 0 Å². The van der Waals surface area contributed by atoms with Crippen molar-refractivity contribution in [3.05, 3.63) is 88.5 Å². The number of hydrogen-bond acceptors (Lipinski definition) is 7. The van der Waals surface area contributed by atoms with E-state index >= 15 is 0 Å². The van der Waals surface area contributed by atoms with Crippen LogP contribution in [-0.4, -0.2) is 67.5 Å². The fraction of sp³-hybridized carbons (Fsp3) is 0.424. The Morgan fingerprint density at radius 3 is 2.62 bits per heavy atom. The molecule has 0 saturated carbocycles. The molecule has 0 spiro atoms. The van der Waals surface area contributed by atoms with E-state index in [2.05, 4.69) is 26.6 Å². The molecule has 2 fully saturated rings. The number of pyridine rings is 1. The number of fused-ring (bicyclic) bond motifs is 1. The van der Waals surface area contributed by atoms with Crippen molar-refractivity contribution in [1.82, 2.24) is 19.4 Å². The molecule has 2 N–H and O–H groups in total. The highest BCUT2D eigenvalue weighted by Crippen LogP contribution is 2.25. The first-order chi connectivity index (χ1) is 20.4. The molecule has 2 aromatic heterocycles. The summed E-state index contributed by atoms with van der Waals surface area (Å²) in [6.07, 6.45) is 6.53. The number of benzene rings is 2. The number of piperidine rings is 1. The third-order valence-electron chi connectivity index (χ3n) is 8.43. The number of carboxylic acid groups (broad SMARTS) is 1. The fourth-order valence-electron chi connectivity index (χ4n) is 5.91. The Bertz CT molecular complexity index is 1560. The molecule has 0 bridgehead atoms. The maximum absolute atomic E-state index is 11.6. The van der Waals surface area contributed by atoms with Gasteiger partial charge in [-0.05, 0) is 74.4 Å². The van der Waals surface area contributed by atoms with Crippen molar-refractivity contribution in [2.75, 3.05) is 19.7 Å². The summed E-state index contributed by atoms with van der Waals surface area (Å²) in [4.78, 5) is 23.4. The van der Waals surface area contributed by atoms with Crippen LogP contribution in [0.2, 0.25) is 0 Å². The largest absolute Gasteiger partial charge is 0.490 e. The van der Waals surface area contributed by atoms with E-state index in [0.717, 1.165) is 96.8 Å². The molecule has 2 aliphatic rings. The third kappa shape index (κ3) is 6.48. The zero-order chi connectivity index (χ0) is 29.1. The topological polar surface area (TPSA) is 110 Å². The Morgan fingerprint density at radius 2 is 1.88 bits per heavy atom. The van der Waals surface area contributed by atoms with Crippen LogP contribution >= 0.6 is 0 Å². The molecule has 1 atom stereocenters. The first-order valence-electron chi connectivity index (χ1n) is 14.8. The van der Waals surface area contributed by atoms with Crippen LogP contribution in [0.25, 0.3) is 11.0 Å². The van der Waals surface area contributed by atoms with Gasteiger partial charge >= 0.3 is 5.97 Å². The maximum Gasteiger partial charge on any atom is 0.335 e. The molecule has 0 aliphatic carbocycles. The number of aromatic nitrogens is 3. The van der Waals surface area contributed by atoms with E-state index in [0.29, 0.717) is 13.1 Å². The van der Waals surface area contributed by atoms with Crippen molar-refractivity contribution >= 4 is 17.0 Å². The van der Waals surface area contributed by atoms with Crippen molar-refractivity contribution in [1.29, 1.82) is 0 Å². The number of aliphatic hydroxyl groups is 1. The predicted octanol–water partition coefficient (Wildman–Crippen LogP) is 4.55. The van der Waals surface area contributed by atoms with Gasteiger partial charge in [0.1, 0.15) is 17.7 Å². The minimum absolute atomic E-state index is 0.0468. The zero-order valence-electron chi connectivity index (χ0n) is 24.0. The van der Waals surface area contributed by atoms with Gasteiger partial charge < -0.3 is 24.3 Å². The second-order valence-electron chi connectivity index (χ2n) is 11.4. The van der Waals surface area contributed by atoms with Crippen LogP contribution in [0.15, 0.2) is 54.7 Å². The van der Waals surface area contributed by atoms with E-state index < -0.39 is 5.97 Å². The highest BCUT2D eigenvalue weighted by Gasteiger charge is 2.26. The first-order valence-corrected chi connectivity index (χ1v) is 14.8. The molecule has 2 aliphatic heterocycles. The molecule has 4 aromatic rings. The number of aromatic carboxylic acids is 1. The summed E-state index contributed by atoms with van der Waals surface area (Å²) in [5.41, 5.74) is 6.20.